The van der Waals surface area contributed by atoms with E-state index in [1.807, 2.05) is 26.8 Å². The second kappa shape index (κ2) is 8.82. The minimum absolute atomic E-state index is 0.0129. The van der Waals surface area contributed by atoms with Crippen LogP contribution in [0.2, 0.25) is 0 Å². The van der Waals surface area contributed by atoms with Crippen LogP contribution in [0.25, 0.3) is 22.3 Å². The van der Waals surface area contributed by atoms with Crippen molar-refractivity contribution >= 4 is 16.9 Å². The number of carbonyl (C=O) groups is 1. The molecule has 0 bridgehead atoms. The van der Waals surface area contributed by atoms with Crippen LogP contribution in [0, 0.1) is 13.8 Å². The maximum absolute atomic E-state index is 13.2. The lowest BCUT2D eigenvalue weighted by molar-refractivity contribution is -0.146. The number of ether oxygens (including phenoxy) is 3. The van der Waals surface area contributed by atoms with Crippen molar-refractivity contribution in [2.75, 3.05) is 20.3 Å². The summed E-state index contributed by atoms with van der Waals surface area (Å²) in [6.07, 6.45) is 0.708. The maximum Gasteiger partial charge on any atom is 0.344 e. The van der Waals surface area contributed by atoms with E-state index in [2.05, 4.69) is 0 Å². The smallest absolute Gasteiger partial charge is 0.344 e. The summed E-state index contributed by atoms with van der Waals surface area (Å²) in [5.41, 5.74) is 2.59. The molecule has 152 valence electrons. The van der Waals surface area contributed by atoms with Crippen LogP contribution in [0.3, 0.4) is 0 Å². The molecule has 0 aliphatic rings. The van der Waals surface area contributed by atoms with Gasteiger partial charge in [0.25, 0.3) is 0 Å². The number of methoxy groups -OCH3 is 1. The van der Waals surface area contributed by atoms with E-state index in [9.17, 15) is 9.59 Å². The first-order chi connectivity index (χ1) is 13.9. The molecular weight excluding hydrogens is 372 g/mol. The number of esters is 1. The first-order valence-corrected chi connectivity index (χ1v) is 9.45. The van der Waals surface area contributed by atoms with E-state index in [1.165, 1.54) is 0 Å². The Balaban J connectivity index is 2.12. The largest absolute Gasteiger partial charge is 0.497 e. The summed E-state index contributed by atoms with van der Waals surface area (Å²) in [6.45, 7) is 5.63. The Labute approximate surface area is 169 Å². The van der Waals surface area contributed by atoms with E-state index in [0.29, 0.717) is 35.3 Å². The molecule has 0 fully saturated rings. The normalized spacial score (nSPS) is 10.8. The fourth-order valence-electron chi connectivity index (χ4n) is 3.08. The van der Waals surface area contributed by atoms with Crippen molar-refractivity contribution in [1.82, 2.24) is 0 Å². The number of rotatable bonds is 7. The number of aryl methyl sites for hydroxylation is 2. The molecule has 2 aromatic carbocycles. The summed E-state index contributed by atoms with van der Waals surface area (Å²) in [5, 5.41) is 0.414. The van der Waals surface area contributed by atoms with Crippen LogP contribution >= 0.6 is 0 Å². The molecule has 3 rings (SSSR count). The molecular formula is C23H24O6. The summed E-state index contributed by atoms with van der Waals surface area (Å²) in [6, 6.07) is 10.8. The van der Waals surface area contributed by atoms with Crippen molar-refractivity contribution < 1.29 is 23.4 Å². The molecule has 1 heterocycles. The minimum atomic E-state index is -0.535. The van der Waals surface area contributed by atoms with Gasteiger partial charge in [0.2, 0.25) is 11.2 Å². The summed E-state index contributed by atoms with van der Waals surface area (Å²) in [5.74, 6) is 0.392. The van der Waals surface area contributed by atoms with Crippen LogP contribution in [0.1, 0.15) is 24.5 Å². The molecule has 0 saturated heterocycles. The molecule has 29 heavy (non-hydrogen) atoms. The van der Waals surface area contributed by atoms with Gasteiger partial charge in [0.15, 0.2) is 12.4 Å². The molecule has 0 aliphatic carbocycles. The van der Waals surface area contributed by atoms with Crippen LogP contribution in [-0.4, -0.2) is 26.3 Å². The Hall–Kier alpha value is -3.28. The average molecular weight is 396 g/mol. The Bertz CT molecular complexity index is 1080. The lowest BCUT2D eigenvalue weighted by Crippen LogP contribution is -2.19. The highest BCUT2D eigenvalue weighted by Crippen LogP contribution is 2.33. The number of hydrogen-bond acceptors (Lipinski definition) is 6. The zero-order chi connectivity index (χ0) is 21.0. The standard InChI is InChI=1S/C23H24O6/c1-5-10-27-19(24)13-28-23-20(25)18-12-14(2)11-15(3)21(18)29-22(23)16-6-8-17(26-4)9-7-16/h6-9,11-12H,5,10,13H2,1-4H3. The van der Waals surface area contributed by atoms with Gasteiger partial charge in [-0.15, -0.1) is 0 Å². The molecule has 6 nitrogen and oxygen atoms in total. The van der Waals surface area contributed by atoms with E-state index in [-0.39, 0.29) is 23.5 Å². The van der Waals surface area contributed by atoms with Gasteiger partial charge in [0.1, 0.15) is 11.3 Å². The zero-order valence-electron chi connectivity index (χ0n) is 17.0. The van der Waals surface area contributed by atoms with Crippen molar-refractivity contribution in [2.24, 2.45) is 0 Å². The van der Waals surface area contributed by atoms with Crippen LogP contribution in [0.5, 0.6) is 11.5 Å². The SMILES string of the molecule is CCCOC(=O)COc1c(-c2ccc(OC)cc2)oc2c(C)cc(C)cc2c1=O. The van der Waals surface area contributed by atoms with Gasteiger partial charge in [-0.05, 0) is 61.7 Å². The van der Waals surface area contributed by atoms with Gasteiger partial charge in [-0.3, -0.25) is 4.79 Å². The molecule has 0 spiro atoms. The summed E-state index contributed by atoms with van der Waals surface area (Å²) >= 11 is 0. The first kappa shape index (κ1) is 20.5. The summed E-state index contributed by atoms with van der Waals surface area (Å²) < 4.78 is 22.0. The molecule has 0 saturated carbocycles. The van der Waals surface area contributed by atoms with E-state index in [1.54, 1.807) is 37.4 Å². The summed E-state index contributed by atoms with van der Waals surface area (Å²) in [4.78, 5) is 25.1. The predicted octanol–water partition coefficient (Wildman–Crippen LogP) is 4.42. The molecule has 0 radical (unpaired) electrons. The third-order valence-electron chi connectivity index (χ3n) is 4.43. The second-order valence-corrected chi connectivity index (χ2v) is 6.79. The lowest BCUT2D eigenvalue weighted by atomic mass is 10.1. The fourth-order valence-corrected chi connectivity index (χ4v) is 3.08. The van der Waals surface area contributed by atoms with Gasteiger partial charge in [0.05, 0.1) is 19.1 Å². The van der Waals surface area contributed by atoms with Crippen LogP contribution in [-0.2, 0) is 9.53 Å². The average Bonchev–Trinajstić information content (AvgIpc) is 2.72. The van der Waals surface area contributed by atoms with Crippen LogP contribution < -0.4 is 14.9 Å². The molecule has 3 aromatic rings. The van der Waals surface area contributed by atoms with Gasteiger partial charge >= 0.3 is 5.97 Å². The number of fused-ring (bicyclic) bond motifs is 1. The molecule has 0 unspecified atom stereocenters. The molecule has 0 amide bonds. The first-order valence-electron chi connectivity index (χ1n) is 9.45. The van der Waals surface area contributed by atoms with Gasteiger partial charge in [-0.1, -0.05) is 13.0 Å². The third kappa shape index (κ3) is 4.42. The zero-order valence-corrected chi connectivity index (χ0v) is 17.0. The quantitative estimate of drug-likeness (QED) is 0.551. The number of benzene rings is 2. The third-order valence-corrected chi connectivity index (χ3v) is 4.43. The maximum atomic E-state index is 13.2. The monoisotopic (exact) mass is 396 g/mol. The van der Waals surface area contributed by atoms with Gasteiger partial charge in [-0.25, -0.2) is 4.79 Å². The Morgan fingerprint density at radius 3 is 2.48 bits per heavy atom. The van der Waals surface area contributed by atoms with Crippen molar-refractivity contribution in [2.45, 2.75) is 27.2 Å². The topological polar surface area (TPSA) is 75.0 Å². The highest BCUT2D eigenvalue weighted by Gasteiger charge is 2.20. The summed E-state index contributed by atoms with van der Waals surface area (Å²) in [7, 11) is 1.58. The van der Waals surface area contributed by atoms with Crippen molar-refractivity contribution in [1.29, 1.82) is 0 Å². The molecule has 0 aliphatic heterocycles. The Morgan fingerprint density at radius 2 is 1.83 bits per heavy atom. The highest BCUT2D eigenvalue weighted by atomic mass is 16.6. The van der Waals surface area contributed by atoms with E-state index in [0.717, 1.165) is 11.1 Å². The molecule has 0 N–H and O–H groups in total. The number of hydrogen-bond donors (Lipinski definition) is 0. The Kier molecular flexibility index (Phi) is 6.22. The van der Waals surface area contributed by atoms with Crippen LogP contribution in [0.4, 0.5) is 0 Å². The van der Waals surface area contributed by atoms with Gasteiger partial charge in [-0.2, -0.15) is 0 Å². The van der Waals surface area contributed by atoms with E-state index < -0.39 is 5.97 Å². The van der Waals surface area contributed by atoms with Crippen molar-refractivity contribution in [3.05, 3.63) is 57.7 Å². The molecule has 6 heteroatoms. The Morgan fingerprint density at radius 1 is 1.10 bits per heavy atom. The van der Waals surface area contributed by atoms with Crippen molar-refractivity contribution in [3.8, 4) is 22.8 Å². The minimum Gasteiger partial charge on any atom is -0.497 e. The van der Waals surface area contributed by atoms with E-state index in [4.69, 9.17) is 18.6 Å². The lowest BCUT2D eigenvalue weighted by Gasteiger charge is -2.13. The molecule has 1 aromatic heterocycles. The highest BCUT2D eigenvalue weighted by molar-refractivity contribution is 5.85. The van der Waals surface area contributed by atoms with Gasteiger partial charge < -0.3 is 18.6 Å². The molecule has 0 atom stereocenters. The predicted molar refractivity (Wildman–Crippen MR) is 111 cm³/mol. The van der Waals surface area contributed by atoms with E-state index >= 15 is 0 Å². The van der Waals surface area contributed by atoms with Gasteiger partial charge in [0, 0.05) is 5.56 Å². The second-order valence-electron chi connectivity index (χ2n) is 6.79. The fraction of sp³-hybridized carbons (Fsp3) is 0.304. The number of carbonyl (C=O) groups excluding carboxylic acids is 1. The van der Waals surface area contributed by atoms with Crippen molar-refractivity contribution in [3.63, 3.8) is 0 Å². The van der Waals surface area contributed by atoms with Crippen LogP contribution in [0.15, 0.2) is 45.6 Å².